The molecule has 0 fully saturated rings. The first kappa shape index (κ1) is 20.9. The van der Waals surface area contributed by atoms with Crippen LogP contribution >= 0.6 is 0 Å². The molecule has 0 bridgehead atoms. The molecule has 0 aliphatic carbocycles. The second-order valence-corrected chi connectivity index (χ2v) is 6.55. The van der Waals surface area contributed by atoms with Gasteiger partial charge in [0, 0.05) is 6.20 Å². The van der Waals surface area contributed by atoms with Gasteiger partial charge in [0.25, 0.3) is 0 Å². The lowest BCUT2D eigenvalue weighted by Crippen LogP contribution is -2.01. The van der Waals surface area contributed by atoms with Crippen molar-refractivity contribution in [3.05, 3.63) is 58.9 Å². The molecule has 0 atom stereocenters. The first-order valence-electron chi connectivity index (χ1n) is 9.73. The number of unbranched alkanes of at least 4 members (excludes halogenated alkanes) is 4. The number of aryl methyl sites for hydroxylation is 1. The fraction of sp³-hybridized carbons (Fsp3) is 0.435. The Morgan fingerprint density at radius 2 is 1.67 bits per heavy atom. The molecule has 0 unspecified atom stereocenters. The summed E-state index contributed by atoms with van der Waals surface area (Å²) in [5.41, 5.74) is 1.70. The molecule has 0 saturated carbocycles. The lowest BCUT2D eigenvalue weighted by Gasteiger charge is -2.08. The topological polar surface area (TPSA) is 22.1 Å². The third-order valence-corrected chi connectivity index (χ3v) is 4.27. The Hall–Kier alpha value is -2.41. The van der Waals surface area contributed by atoms with Crippen LogP contribution in [-0.4, -0.2) is 11.6 Å². The van der Waals surface area contributed by atoms with Gasteiger partial charge >= 0.3 is 0 Å². The Kier molecular flexibility index (Phi) is 8.77. The number of aromatic nitrogens is 1. The lowest BCUT2D eigenvalue weighted by atomic mass is 10.1. The van der Waals surface area contributed by atoms with Gasteiger partial charge in [-0.1, -0.05) is 51.5 Å². The molecular weight excluding hydrogens is 344 g/mol. The molecule has 0 spiro atoms. The van der Waals surface area contributed by atoms with Gasteiger partial charge in [0.2, 0.25) is 5.82 Å². The molecular formula is C23H27F2NO. The second kappa shape index (κ2) is 11.3. The minimum atomic E-state index is -0.988. The summed E-state index contributed by atoms with van der Waals surface area (Å²) in [5.74, 6) is 3.42. The monoisotopic (exact) mass is 371 g/mol. The van der Waals surface area contributed by atoms with Crippen molar-refractivity contribution < 1.29 is 13.5 Å². The fourth-order valence-electron chi connectivity index (χ4n) is 2.63. The molecule has 1 aromatic carbocycles. The molecule has 0 N–H and O–H groups in total. The van der Waals surface area contributed by atoms with Gasteiger partial charge in [-0.05, 0) is 48.9 Å². The first-order valence-corrected chi connectivity index (χ1v) is 9.73. The van der Waals surface area contributed by atoms with Crippen molar-refractivity contribution in [2.24, 2.45) is 0 Å². The number of nitrogens with zero attached hydrogens (tertiary/aromatic N) is 1. The fourth-order valence-corrected chi connectivity index (χ4v) is 2.63. The lowest BCUT2D eigenvalue weighted by molar-refractivity contribution is 0.286. The highest BCUT2D eigenvalue weighted by molar-refractivity contribution is 5.44. The van der Waals surface area contributed by atoms with E-state index in [1.165, 1.54) is 25.0 Å². The average molecular weight is 371 g/mol. The summed E-state index contributed by atoms with van der Waals surface area (Å²) in [6.45, 7) is 4.62. The summed E-state index contributed by atoms with van der Waals surface area (Å²) >= 11 is 0. The highest BCUT2D eigenvalue weighted by Gasteiger charge is 2.13. The second-order valence-electron chi connectivity index (χ2n) is 6.55. The van der Waals surface area contributed by atoms with Gasteiger partial charge in [-0.25, -0.2) is 9.37 Å². The Balaban J connectivity index is 2.02. The van der Waals surface area contributed by atoms with Crippen LogP contribution in [0.4, 0.5) is 8.78 Å². The standard InChI is InChI=1S/C23H27F2NO/c1-3-5-7-9-18-10-13-20(26-17-18)14-11-19-12-15-21(23(25)22(19)24)27-16-8-6-4-2/h10,12-13,15,17H,3-9,16H2,1-2H3. The zero-order valence-electron chi connectivity index (χ0n) is 16.2. The van der Waals surface area contributed by atoms with Crippen LogP contribution in [-0.2, 0) is 6.42 Å². The largest absolute Gasteiger partial charge is 0.490 e. The maximum atomic E-state index is 14.2. The van der Waals surface area contributed by atoms with Gasteiger partial charge in [-0.2, -0.15) is 4.39 Å². The number of rotatable bonds is 9. The molecule has 1 aromatic heterocycles. The van der Waals surface area contributed by atoms with Gasteiger partial charge in [0.15, 0.2) is 11.6 Å². The average Bonchev–Trinajstić information content (AvgIpc) is 2.69. The van der Waals surface area contributed by atoms with E-state index in [1.807, 2.05) is 12.1 Å². The summed E-state index contributed by atoms with van der Waals surface area (Å²) in [4.78, 5) is 4.29. The number of pyridine rings is 1. The van der Waals surface area contributed by atoms with Crippen LogP contribution in [0, 0.1) is 23.5 Å². The number of halogens is 2. The Morgan fingerprint density at radius 3 is 2.37 bits per heavy atom. The summed E-state index contributed by atoms with van der Waals surface area (Å²) < 4.78 is 33.6. The summed E-state index contributed by atoms with van der Waals surface area (Å²) in [5, 5.41) is 0. The van der Waals surface area contributed by atoms with Gasteiger partial charge in [0.1, 0.15) is 5.69 Å². The van der Waals surface area contributed by atoms with E-state index in [2.05, 4.69) is 30.7 Å². The zero-order valence-corrected chi connectivity index (χ0v) is 16.2. The van der Waals surface area contributed by atoms with Crippen LogP contribution in [0.1, 0.15) is 69.2 Å². The summed E-state index contributed by atoms with van der Waals surface area (Å²) in [7, 11) is 0. The van der Waals surface area contributed by atoms with Crippen molar-refractivity contribution in [2.75, 3.05) is 6.61 Å². The van der Waals surface area contributed by atoms with E-state index in [0.29, 0.717) is 12.3 Å². The number of hydrogen-bond donors (Lipinski definition) is 0. The van der Waals surface area contributed by atoms with E-state index in [1.54, 1.807) is 6.20 Å². The molecule has 0 saturated heterocycles. The molecule has 1 heterocycles. The Bertz CT molecular complexity index is 775. The van der Waals surface area contributed by atoms with Gasteiger partial charge < -0.3 is 4.74 Å². The molecule has 2 nitrogen and oxygen atoms in total. The molecule has 2 rings (SSSR count). The maximum Gasteiger partial charge on any atom is 0.201 e. The van der Waals surface area contributed by atoms with Crippen molar-refractivity contribution in [1.82, 2.24) is 4.98 Å². The maximum absolute atomic E-state index is 14.2. The van der Waals surface area contributed by atoms with Crippen LogP contribution in [0.15, 0.2) is 30.5 Å². The van der Waals surface area contributed by atoms with E-state index in [9.17, 15) is 8.78 Å². The van der Waals surface area contributed by atoms with Crippen molar-refractivity contribution in [3.63, 3.8) is 0 Å². The summed E-state index contributed by atoms with van der Waals surface area (Å²) in [6.07, 6.45) is 9.17. The van der Waals surface area contributed by atoms with Crippen molar-refractivity contribution >= 4 is 0 Å². The third-order valence-electron chi connectivity index (χ3n) is 4.27. The Labute approximate surface area is 161 Å². The smallest absolute Gasteiger partial charge is 0.201 e. The number of benzene rings is 1. The van der Waals surface area contributed by atoms with Crippen LogP contribution in [0.2, 0.25) is 0 Å². The minimum Gasteiger partial charge on any atom is -0.490 e. The highest BCUT2D eigenvalue weighted by Crippen LogP contribution is 2.22. The molecule has 27 heavy (non-hydrogen) atoms. The molecule has 2 aromatic rings. The van der Waals surface area contributed by atoms with Crippen LogP contribution < -0.4 is 4.74 Å². The van der Waals surface area contributed by atoms with Crippen molar-refractivity contribution in [2.45, 2.75) is 58.8 Å². The highest BCUT2D eigenvalue weighted by atomic mass is 19.2. The molecule has 4 heteroatoms. The van der Waals surface area contributed by atoms with Crippen molar-refractivity contribution in [1.29, 1.82) is 0 Å². The molecule has 0 radical (unpaired) electrons. The quantitative estimate of drug-likeness (QED) is 0.395. The third kappa shape index (κ3) is 6.67. The van der Waals surface area contributed by atoms with Crippen LogP contribution in [0.25, 0.3) is 0 Å². The molecule has 144 valence electrons. The zero-order chi connectivity index (χ0) is 19.5. The van der Waals surface area contributed by atoms with Gasteiger partial charge in [-0.3, -0.25) is 0 Å². The van der Waals surface area contributed by atoms with E-state index in [4.69, 9.17) is 4.74 Å². The van der Waals surface area contributed by atoms with E-state index >= 15 is 0 Å². The van der Waals surface area contributed by atoms with Gasteiger partial charge in [0.05, 0.1) is 12.2 Å². The number of hydrogen-bond acceptors (Lipinski definition) is 2. The number of ether oxygens (including phenoxy) is 1. The van der Waals surface area contributed by atoms with Gasteiger partial charge in [-0.15, -0.1) is 0 Å². The minimum absolute atomic E-state index is 0.00207. The van der Waals surface area contributed by atoms with Crippen LogP contribution in [0.3, 0.4) is 0 Å². The van der Waals surface area contributed by atoms with E-state index in [0.717, 1.165) is 37.7 Å². The van der Waals surface area contributed by atoms with E-state index < -0.39 is 11.6 Å². The SMILES string of the molecule is CCCCCOc1ccc(C#Cc2ccc(CCCCC)cn2)c(F)c1F. The molecule has 0 amide bonds. The molecule has 0 aliphatic rings. The predicted molar refractivity (Wildman–Crippen MR) is 105 cm³/mol. The Morgan fingerprint density at radius 1 is 0.889 bits per heavy atom. The first-order chi connectivity index (χ1) is 13.2. The molecule has 0 aliphatic heterocycles. The van der Waals surface area contributed by atoms with Crippen molar-refractivity contribution in [3.8, 4) is 17.6 Å². The van der Waals surface area contributed by atoms with Crippen LogP contribution in [0.5, 0.6) is 5.75 Å². The normalized spacial score (nSPS) is 10.4. The summed E-state index contributed by atoms with van der Waals surface area (Å²) in [6, 6.07) is 6.67. The van der Waals surface area contributed by atoms with E-state index in [-0.39, 0.29) is 11.3 Å². The predicted octanol–water partition coefficient (Wildman–Crippen LogP) is 6.06.